The molecule has 2 fully saturated rings. The van der Waals surface area contributed by atoms with Gasteiger partial charge in [-0.15, -0.1) is 6.58 Å². The Morgan fingerprint density at radius 2 is 1.54 bits per heavy atom. The van der Waals surface area contributed by atoms with Crippen molar-refractivity contribution >= 4 is 20.8 Å². The SMILES string of the molecule is C=CC[C@@](C)(c1ccc(N(C)C)cc1)N(B1C2CCCC(CCC2)[C@@H]1c1ccccc1)[Si](C)(C)C. The highest BCUT2D eigenvalue weighted by molar-refractivity contribution is 6.84. The van der Waals surface area contributed by atoms with Gasteiger partial charge in [-0.3, -0.25) is 0 Å². The van der Waals surface area contributed by atoms with Gasteiger partial charge in [0.05, 0.1) is 0 Å². The fourth-order valence-corrected chi connectivity index (χ4v) is 10.6. The second-order valence-electron chi connectivity index (χ2n) is 12.6. The molecular formula is C31H47BN2Si. The zero-order chi connectivity index (χ0) is 25.2. The minimum Gasteiger partial charge on any atom is -0.378 e. The lowest BCUT2D eigenvalue weighted by Crippen LogP contribution is -2.66. The van der Waals surface area contributed by atoms with Crippen LogP contribution in [0.5, 0.6) is 0 Å². The van der Waals surface area contributed by atoms with Gasteiger partial charge in [-0.05, 0) is 48.6 Å². The summed E-state index contributed by atoms with van der Waals surface area (Å²) in [5.41, 5.74) is 4.22. The molecule has 2 aliphatic heterocycles. The van der Waals surface area contributed by atoms with Crippen LogP contribution < -0.4 is 4.90 Å². The Bertz CT molecular complexity index is 958. The molecule has 2 heterocycles. The molecule has 0 aliphatic carbocycles. The number of fused-ring (bicyclic) bond motifs is 3. The molecule has 2 atom stereocenters. The topological polar surface area (TPSA) is 6.48 Å². The zero-order valence-electron chi connectivity index (χ0n) is 23.1. The highest BCUT2D eigenvalue weighted by atomic mass is 28.3. The Balaban J connectivity index is 1.90. The number of rotatable bonds is 8. The average Bonchev–Trinajstić information content (AvgIpc) is 3.08. The summed E-state index contributed by atoms with van der Waals surface area (Å²) in [7, 11) is 2.51. The third kappa shape index (κ3) is 5.34. The van der Waals surface area contributed by atoms with E-state index in [2.05, 4.69) is 117 Å². The molecule has 0 unspecified atom stereocenters. The van der Waals surface area contributed by atoms with E-state index < -0.39 is 8.24 Å². The fraction of sp³-hybridized carbons (Fsp3) is 0.548. The lowest BCUT2D eigenvalue weighted by atomic mass is 9.38. The average molecular weight is 487 g/mol. The summed E-state index contributed by atoms with van der Waals surface area (Å²) < 4.78 is 3.10. The van der Waals surface area contributed by atoms with Gasteiger partial charge in [0, 0.05) is 25.3 Å². The first-order valence-electron chi connectivity index (χ1n) is 13.9. The van der Waals surface area contributed by atoms with Crippen molar-refractivity contribution in [1.82, 2.24) is 4.48 Å². The first-order chi connectivity index (χ1) is 16.7. The Morgan fingerprint density at radius 3 is 2.06 bits per heavy atom. The van der Waals surface area contributed by atoms with Crippen LogP contribution in [0.15, 0.2) is 67.3 Å². The van der Waals surface area contributed by atoms with Crippen LogP contribution >= 0.6 is 0 Å². The van der Waals surface area contributed by atoms with Gasteiger partial charge >= 0.3 is 0 Å². The molecule has 188 valence electrons. The summed E-state index contributed by atoms with van der Waals surface area (Å²) in [6.45, 7) is 15.1. The largest absolute Gasteiger partial charge is 0.378 e. The number of nitrogens with zero attached hydrogens (tertiary/aromatic N) is 2. The highest BCUT2D eigenvalue weighted by Crippen LogP contribution is 2.52. The van der Waals surface area contributed by atoms with Crippen molar-refractivity contribution in [3.8, 4) is 0 Å². The van der Waals surface area contributed by atoms with Crippen LogP contribution in [0.4, 0.5) is 5.69 Å². The van der Waals surface area contributed by atoms with Crippen molar-refractivity contribution in [3.05, 3.63) is 78.4 Å². The van der Waals surface area contributed by atoms with E-state index in [1.807, 2.05) is 0 Å². The number of hydrogen-bond donors (Lipinski definition) is 0. The molecule has 0 aromatic heterocycles. The molecule has 0 radical (unpaired) electrons. The summed E-state index contributed by atoms with van der Waals surface area (Å²) in [5.74, 6) is 2.17. The van der Waals surface area contributed by atoms with E-state index in [0.29, 0.717) is 12.7 Å². The van der Waals surface area contributed by atoms with Crippen molar-refractivity contribution in [3.63, 3.8) is 0 Å². The van der Waals surface area contributed by atoms with Crippen LogP contribution in [0.2, 0.25) is 25.5 Å². The van der Waals surface area contributed by atoms with Gasteiger partial charge in [0.15, 0.2) is 0 Å². The number of hydrogen-bond acceptors (Lipinski definition) is 2. The van der Waals surface area contributed by atoms with E-state index in [1.54, 1.807) is 5.56 Å². The van der Waals surface area contributed by atoms with E-state index >= 15 is 0 Å². The van der Waals surface area contributed by atoms with Crippen molar-refractivity contribution in [2.75, 3.05) is 19.0 Å². The molecule has 2 aromatic carbocycles. The Labute approximate surface area is 217 Å². The summed E-state index contributed by atoms with van der Waals surface area (Å²) >= 11 is 0. The predicted molar refractivity (Wildman–Crippen MR) is 158 cm³/mol. The fourth-order valence-electron chi connectivity index (χ4n) is 7.63. The Kier molecular flexibility index (Phi) is 8.02. The molecule has 0 saturated carbocycles. The highest BCUT2D eigenvalue weighted by Gasteiger charge is 2.53. The third-order valence-corrected chi connectivity index (χ3v) is 11.2. The van der Waals surface area contributed by atoms with Crippen molar-refractivity contribution in [2.45, 2.75) is 88.7 Å². The monoisotopic (exact) mass is 486 g/mol. The van der Waals surface area contributed by atoms with Gasteiger partial charge in [0.25, 0.3) is 0 Å². The van der Waals surface area contributed by atoms with E-state index in [9.17, 15) is 0 Å². The smallest absolute Gasteiger partial charge is 0.228 e. The molecular weight excluding hydrogens is 439 g/mol. The Morgan fingerprint density at radius 1 is 0.943 bits per heavy atom. The van der Waals surface area contributed by atoms with Gasteiger partial charge in [-0.25, -0.2) is 0 Å². The van der Waals surface area contributed by atoms with Gasteiger partial charge in [0.2, 0.25) is 6.85 Å². The second kappa shape index (κ2) is 10.7. The van der Waals surface area contributed by atoms with Gasteiger partial charge in [-0.2, -0.15) is 0 Å². The van der Waals surface area contributed by atoms with Crippen LogP contribution in [-0.2, 0) is 5.54 Å². The molecule has 0 N–H and O–H groups in total. The van der Waals surface area contributed by atoms with E-state index in [1.165, 1.54) is 49.8 Å². The van der Waals surface area contributed by atoms with Gasteiger partial charge < -0.3 is 9.38 Å². The normalized spacial score (nSPS) is 24.5. The maximum atomic E-state index is 4.27. The van der Waals surface area contributed by atoms with Crippen LogP contribution in [0.3, 0.4) is 0 Å². The first-order valence-corrected chi connectivity index (χ1v) is 17.3. The molecule has 4 rings (SSSR count). The van der Waals surface area contributed by atoms with E-state index in [-0.39, 0.29) is 5.54 Å². The molecule has 35 heavy (non-hydrogen) atoms. The maximum absolute atomic E-state index is 4.27. The third-order valence-electron chi connectivity index (χ3n) is 8.94. The molecule has 2 nitrogen and oxygen atoms in total. The van der Waals surface area contributed by atoms with E-state index in [4.69, 9.17) is 0 Å². The van der Waals surface area contributed by atoms with Gasteiger partial charge in [0.1, 0.15) is 8.24 Å². The van der Waals surface area contributed by atoms with Crippen molar-refractivity contribution in [2.24, 2.45) is 5.92 Å². The van der Waals surface area contributed by atoms with E-state index in [0.717, 1.165) is 18.2 Å². The molecule has 2 aromatic rings. The molecule has 2 saturated heterocycles. The lowest BCUT2D eigenvalue weighted by molar-refractivity contribution is 0.289. The summed E-state index contributed by atoms with van der Waals surface area (Å²) in [5, 5.41) is 0. The molecule has 0 amide bonds. The van der Waals surface area contributed by atoms with Crippen molar-refractivity contribution in [1.29, 1.82) is 0 Å². The molecule has 0 spiro atoms. The number of anilines is 1. The zero-order valence-corrected chi connectivity index (χ0v) is 24.1. The first kappa shape index (κ1) is 26.3. The molecule has 2 aliphatic rings. The second-order valence-corrected chi connectivity index (χ2v) is 17.4. The summed E-state index contributed by atoms with van der Waals surface area (Å²) in [6.07, 6.45) is 11.5. The van der Waals surface area contributed by atoms with Crippen LogP contribution in [0, 0.1) is 5.92 Å². The molecule has 4 heteroatoms. The Hall–Kier alpha value is -1.78. The summed E-state index contributed by atoms with van der Waals surface area (Å²) in [6, 6.07) is 21.0. The quantitative estimate of drug-likeness (QED) is 0.273. The van der Waals surface area contributed by atoms with Crippen LogP contribution in [-0.4, -0.2) is 33.7 Å². The lowest BCUT2D eigenvalue weighted by Gasteiger charge is -2.55. The minimum atomic E-state index is -1.75. The van der Waals surface area contributed by atoms with Crippen LogP contribution in [0.25, 0.3) is 0 Å². The van der Waals surface area contributed by atoms with Gasteiger partial charge in [-0.1, -0.05) is 112 Å². The minimum absolute atomic E-state index is 0.0633. The summed E-state index contributed by atoms with van der Waals surface area (Å²) in [4.78, 5) is 2.20. The maximum Gasteiger partial charge on any atom is 0.228 e. The standard InChI is InChI=1S/C31H47BN2Si/c1-8-24-31(2,27-20-22-29(23-21-27)33(3)4)34(35(5,6)7)32-28-18-12-16-26(17-13-19-28)30(32)25-14-10-9-11-15-25/h8-11,14-15,20-23,26,28,30H,1,12-13,16-19,24H2,2-7H3/t26?,28?,30-,31-/m0/s1. The van der Waals surface area contributed by atoms with Crippen LogP contribution in [0.1, 0.15) is 68.8 Å². The number of benzene rings is 2. The van der Waals surface area contributed by atoms with Crippen molar-refractivity contribution < 1.29 is 0 Å². The predicted octanol–water partition coefficient (Wildman–Crippen LogP) is 8.35. The molecule has 2 bridgehead atoms.